The van der Waals surface area contributed by atoms with Crippen LogP contribution in [-0.4, -0.2) is 75.7 Å². The molecule has 2 aromatic carbocycles. The smallest absolute Gasteiger partial charge is 0.334 e. The minimum absolute atomic E-state index is 0.0277. The molecule has 0 radical (unpaired) electrons. The summed E-state index contributed by atoms with van der Waals surface area (Å²) in [5.41, 5.74) is 0.604. The number of ether oxygens (including phenoxy) is 3. The van der Waals surface area contributed by atoms with Crippen LogP contribution in [0.2, 0.25) is 0 Å². The number of aromatic hydroxyl groups is 1. The SMILES string of the molecule is CC=C1C[C@@H](c2cc(CO)cc(NC[C@](C)(O)CCOC)c2)C#C[C@@H]2CC(=O)Oc3cc(O)c(cc32)C[C@H]([C@@](C)(O)C2CCC(=O)CC2)OC1=O. The van der Waals surface area contributed by atoms with E-state index in [4.69, 9.17) is 14.2 Å². The number of phenolic OH excluding ortho intramolecular Hbond substituents is 1. The first-order valence-electron chi connectivity index (χ1n) is 17.6. The number of anilines is 1. The van der Waals surface area contributed by atoms with Crippen LogP contribution in [0.3, 0.4) is 0 Å². The van der Waals surface area contributed by atoms with E-state index in [1.807, 2.05) is 12.1 Å². The Balaban J connectivity index is 1.58. The molecule has 1 fully saturated rings. The van der Waals surface area contributed by atoms with Gasteiger partial charge in [0, 0.05) is 74.8 Å². The van der Waals surface area contributed by atoms with Crippen LogP contribution in [0.25, 0.3) is 0 Å². The van der Waals surface area contributed by atoms with E-state index in [1.165, 1.54) is 6.07 Å². The number of carbonyl (C=O) groups excluding carboxylic acids is 3. The fourth-order valence-corrected chi connectivity index (χ4v) is 7.09. The molecule has 3 aliphatic rings. The number of carbonyl (C=O) groups is 3. The number of aliphatic hydroxyl groups excluding tert-OH is 1. The lowest BCUT2D eigenvalue weighted by Gasteiger charge is -2.40. The van der Waals surface area contributed by atoms with Crippen LogP contribution in [0.15, 0.2) is 42.0 Å². The van der Waals surface area contributed by atoms with Crippen molar-refractivity contribution in [3.05, 3.63) is 64.2 Å². The Bertz CT molecular complexity index is 1720. The van der Waals surface area contributed by atoms with Crippen LogP contribution < -0.4 is 10.1 Å². The molecule has 2 bridgehead atoms. The number of allylic oxidation sites excluding steroid dienone is 1. The summed E-state index contributed by atoms with van der Waals surface area (Å²) in [4.78, 5) is 38.8. The highest BCUT2D eigenvalue weighted by Crippen LogP contribution is 2.42. The Morgan fingerprint density at radius 2 is 1.73 bits per heavy atom. The normalized spacial score (nSPS) is 24.4. The second-order valence-electron chi connectivity index (χ2n) is 14.5. The summed E-state index contributed by atoms with van der Waals surface area (Å²) in [5, 5.41) is 47.4. The van der Waals surface area contributed by atoms with Gasteiger partial charge in [-0.3, -0.25) is 9.59 Å². The zero-order valence-corrected chi connectivity index (χ0v) is 29.8. The minimum Gasteiger partial charge on any atom is -0.508 e. The van der Waals surface area contributed by atoms with Gasteiger partial charge in [0.15, 0.2) is 0 Å². The van der Waals surface area contributed by atoms with E-state index in [0.29, 0.717) is 72.2 Å². The third-order valence-electron chi connectivity index (χ3n) is 10.4. The van der Waals surface area contributed by atoms with Crippen molar-refractivity contribution in [2.45, 2.75) is 108 Å². The Morgan fingerprint density at radius 1 is 1.00 bits per heavy atom. The Labute approximate surface area is 299 Å². The maximum atomic E-state index is 14.0. The highest BCUT2D eigenvalue weighted by molar-refractivity contribution is 5.89. The van der Waals surface area contributed by atoms with Gasteiger partial charge >= 0.3 is 11.9 Å². The highest BCUT2D eigenvalue weighted by Gasteiger charge is 2.44. The quantitative estimate of drug-likeness (QED) is 0.102. The average molecular weight is 704 g/mol. The Kier molecular flexibility index (Phi) is 11.9. The summed E-state index contributed by atoms with van der Waals surface area (Å²) in [6.07, 6.45) is 2.56. The molecule has 0 saturated heterocycles. The van der Waals surface area contributed by atoms with E-state index in [-0.39, 0.29) is 55.6 Å². The van der Waals surface area contributed by atoms with Crippen molar-refractivity contribution in [1.29, 1.82) is 0 Å². The van der Waals surface area contributed by atoms with E-state index in [2.05, 4.69) is 17.2 Å². The zero-order chi connectivity index (χ0) is 36.9. The average Bonchev–Trinajstić information content (AvgIpc) is 3.10. The summed E-state index contributed by atoms with van der Waals surface area (Å²) >= 11 is 0. The number of Topliss-reactive ketones (excluding diaryl/α,β-unsaturated/α-hetero) is 1. The molecule has 1 aliphatic carbocycles. The standard InChI is InChI=1S/C40H49NO10/c1-5-25-16-26(28-14-24(22-42)15-31(17-28)41-23-39(2,47)12-13-49-4)6-7-27-20-37(45)50-35-21-34(44)29(18-33(27)35)19-36(51-38(25)46)40(3,48)30-8-10-32(43)11-9-30/h5,14-15,17-18,21,26-27,30,36,41-42,44,47-48H,8-13,16,19-20,22-23H2,1-4H3/t26-,27+,36+,39+,40-/m0/s1. The van der Waals surface area contributed by atoms with Crippen molar-refractivity contribution in [1.82, 2.24) is 0 Å². The molecule has 0 unspecified atom stereocenters. The number of methoxy groups -OCH3 is 1. The maximum absolute atomic E-state index is 14.0. The molecule has 5 atom stereocenters. The van der Waals surface area contributed by atoms with Gasteiger partial charge in [0.25, 0.3) is 0 Å². The molecule has 2 heterocycles. The number of fused-ring (bicyclic) bond motifs is 1. The number of ketones is 1. The summed E-state index contributed by atoms with van der Waals surface area (Å²) in [6, 6.07) is 8.51. The largest absolute Gasteiger partial charge is 0.508 e. The number of hydrogen-bond donors (Lipinski definition) is 5. The molecular formula is C40H49NO10. The maximum Gasteiger partial charge on any atom is 0.334 e. The van der Waals surface area contributed by atoms with Crippen LogP contribution in [0.1, 0.15) is 99.8 Å². The second kappa shape index (κ2) is 16.0. The van der Waals surface area contributed by atoms with E-state index < -0.39 is 41.1 Å². The Hall–Kier alpha value is -4.21. The van der Waals surface area contributed by atoms with Gasteiger partial charge in [-0.25, -0.2) is 4.79 Å². The van der Waals surface area contributed by atoms with Gasteiger partial charge in [-0.1, -0.05) is 24.0 Å². The second-order valence-corrected chi connectivity index (χ2v) is 14.5. The number of esters is 2. The third kappa shape index (κ3) is 9.18. The van der Waals surface area contributed by atoms with Gasteiger partial charge in [-0.05, 0) is 80.8 Å². The van der Waals surface area contributed by atoms with Crippen molar-refractivity contribution in [2.24, 2.45) is 5.92 Å². The molecule has 5 N–H and O–H groups in total. The molecule has 0 spiro atoms. The molecule has 2 aromatic rings. The fraction of sp³-hybridized carbons (Fsp3) is 0.525. The predicted octanol–water partition coefficient (Wildman–Crippen LogP) is 4.58. The molecule has 1 saturated carbocycles. The summed E-state index contributed by atoms with van der Waals surface area (Å²) in [6.45, 7) is 5.37. The van der Waals surface area contributed by atoms with E-state index in [9.17, 15) is 34.8 Å². The number of nitrogens with one attached hydrogen (secondary N) is 1. The zero-order valence-electron chi connectivity index (χ0n) is 29.8. The molecule has 2 aliphatic heterocycles. The first-order valence-corrected chi connectivity index (χ1v) is 17.6. The number of rotatable bonds is 10. The van der Waals surface area contributed by atoms with E-state index >= 15 is 0 Å². The van der Waals surface area contributed by atoms with Crippen molar-refractivity contribution in [3.63, 3.8) is 0 Å². The fourth-order valence-electron chi connectivity index (χ4n) is 7.09. The van der Waals surface area contributed by atoms with Crippen molar-refractivity contribution in [2.75, 3.05) is 25.6 Å². The van der Waals surface area contributed by atoms with Crippen LogP contribution in [0, 0.1) is 17.8 Å². The van der Waals surface area contributed by atoms with Crippen LogP contribution in [0.5, 0.6) is 11.5 Å². The lowest BCUT2D eigenvalue weighted by molar-refractivity contribution is -0.169. The molecule has 51 heavy (non-hydrogen) atoms. The van der Waals surface area contributed by atoms with Crippen molar-refractivity contribution < 1.29 is 49.0 Å². The van der Waals surface area contributed by atoms with Gasteiger partial charge in [0.1, 0.15) is 29.0 Å². The summed E-state index contributed by atoms with van der Waals surface area (Å²) in [5.74, 6) is 4.06. The topological polar surface area (TPSA) is 172 Å². The third-order valence-corrected chi connectivity index (χ3v) is 10.4. The van der Waals surface area contributed by atoms with Crippen LogP contribution >= 0.6 is 0 Å². The monoisotopic (exact) mass is 703 g/mol. The van der Waals surface area contributed by atoms with Crippen molar-refractivity contribution in [3.8, 4) is 23.3 Å². The Morgan fingerprint density at radius 3 is 2.41 bits per heavy atom. The number of aliphatic hydroxyl groups is 3. The molecule has 0 aromatic heterocycles. The first kappa shape index (κ1) is 38.0. The highest BCUT2D eigenvalue weighted by atomic mass is 16.6. The molecule has 11 heteroatoms. The van der Waals surface area contributed by atoms with E-state index in [0.717, 1.165) is 0 Å². The molecular weight excluding hydrogens is 654 g/mol. The van der Waals surface area contributed by atoms with Crippen LogP contribution in [0.4, 0.5) is 5.69 Å². The first-order chi connectivity index (χ1) is 24.2. The van der Waals surface area contributed by atoms with Gasteiger partial charge in [0.2, 0.25) is 0 Å². The molecule has 0 amide bonds. The summed E-state index contributed by atoms with van der Waals surface area (Å²) in [7, 11) is 1.57. The van der Waals surface area contributed by atoms with Crippen LogP contribution in [-0.2, 0) is 36.9 Å². The lowest BCUT2D eigenvalue weighted by Crippen LogP contribution is -2.50. The minimum atomic E-state index is -1.54. The van der Waals surface area contributed by atoms with Gasteiger partial charge in [-0.2, -0.15) is 0 Å². The van der Waals surface area contributed by atoms with Gasteiger partial charge in [0.05, 0.1) is 24.5 Å². The van der Waals surface area contributed by atoms with Gasteiger partial charge < -0.3 is 40.0 Å². The van der Waals surface area contributed by atoms with E-state index in [1.54, 1.807) is 46.1 Å². The number of hydrogen-bond acceptors (Lipinski definition) is 11. The molecule has 5 rings (SSSR count). The number of benzene rings is 2. The number of cyclic esters (lactones) is 1. The lowest BCUT2D eigenvalue weighted by atomic mass is 9.73. The van der Waals surface area contributed by atoms with Gasteiger partial charge in [-0.15, -0.1) is 0 Å². The predicted molar refractivity (Wildman–Crippen MR) is 189 cm³/mol. The molecule has 274 valence electrons. The molecule has 11 nitrogen and oxygen atoms in total. The van der Waals surface area contributed by atoms with Crippen molar-refractivity contribution >= 4 is 23.4 Å². The number of phenols is 1. The summed E-state index contributed by atoms with van der Waals surface area (Å²) < 4.78 is 16.8.